The van der Waals surface area contributed by atoms with Gasteiger partial charge in [-0.15, -0.1) is 0 Å². The van der Waals surface area contributed by atoms with Gasteiger partial charge >= 0.3 is 0 Å². The Bertz CT molecular complexity index is 1140. The number of methoxy groups -OCH3 is 1. The van der Waals surface area contributed by atoms with Gasteiger partial charge in [0.1, 0.15) is 11.6 Å². The molecule has 0 fully saturated rings. The van der Waals surface area contributed by atoms with E-state index in [-0.39, 0.29) is 11.9 Å². The van der Waals surface area contributed by atoms with E-state index in [9.17, 15) is 4.39 Å². The van der Waals surface area contributed by atoms with Crippen LogP contribution >= 0.6 is 0 Å². The molecule has 148 valence electrons. The van der Waals surface area contributed by atoms with Gasteiger partial charge in [0.2, 0.25) is 0 Å². The monoisotopic (exact) mass is 391 g/mol. The summed E-state index contributed by atoms with van der Waals surface area (Å²) in [6.07, 6.45) is 3.70. The maximum atomic E-state index is 13.3. The standard InChI is InChI=1S/C22H22FN5O/c1-14(2)28-22(16-5-8-18(23)9-6-16)25-21(26-28)17-7-10-19(20(11-17)29-4)27-12-15(3)24-13-27/h5-14H,1-4H3. The van der Waals surface area contributed by atoms with Crippen molar-refractivity contribution in [3.8, 4) is 34.2 Å². The highest BCUT2D eigenvalue weighted by molar-refractivity contribution is 5.66. The van der Waals surface area contributed by atoms with E-state index in [1.165, 1.54) is 12.1 Å². The normalized spacial score (nSPS) is 11.2. The lowest BCUT2D eigenvalue weighted by Gasteiger charge is -2.10. The molecule has 7 heteroatoms. The van der Waals surface area contributed by atoms with Crippen LogP contribution in [0, 0.1) is 12.7 Å². The zero-order valence-electron chi connectivity index (χ0n) is 16.8. The third-order valence-corrected chi connectivity index (χ3v) is 4.65. The molecule has 2 aromatic carbocycles. The molecule has 0 aliphatic carbocycles. The fraction of sp³-hybridized carbons (Fsp3) is 0.227. The van der Waals surface area contributed by atoms with Gasteiger partial charge in [-0.25, -0.2) is 19.0 Å². The average Bonchev–Trinajstić information content (AvgIpc) is 3.35. The zero-order chi connectivity index (χ0) is 20.5. The highest BCUT2D eigenvalue weighted by Gasteiger charge is 2.17. The number of rotatable bonds is 5. The molecule has 0 saturated carbocycles. The van der Waals surface area contributed by atoms with Crippen molar-refractivity contribution in [2.45, 2.75) is 26.8 Å². The summed E-state index contributed by atoms with van der Waals surface area (Å²) in [6.45, 7) is 6.02. The fourth-order valence-electron chi connectivity index (χ4n) is 3.18. The fourth-order valence-corrected chi connectivity index (χ4v) is 3.18. The second kappa shape index (κ2) is 7.50. The summed E-state index contributed by atoms with van der Waals surface area (Å²) < 4.78 is 22.7. The minimum atomic E-state index is -0.278. The SMILES string of the molecule is COc1cc(-c2nc(-c3ccc(F)cc3)n(C(C)C)n2)ccc1-n1cnc(C)c1. The zero-order valence-corrected chi connectivity index (χ0v) is 16.8. The van der Waals surface area contributed by atoms with Crippen molar-refractivity contribution in [1.82, 2.24) is 24.3 Å². The molecule has 0 saturated heterocycles. The molecular weight excluding hydrogens is 369 g/mol. The van der Waals surface area contributed by atoms with Crippen LogP contribution in [0.5, 0.6) is 5.75 Å². The van der Waals surface area contributed by atoms with Gasteiger partial charge in [-0.05, 0) is 63.2 Å². The number of aryl methyl sites for hydroxylation is 1. The molecule has 2 heterocycles. The van der Waals surface area contributed by atoms with Crippen LogP contribution in [-0.2, 0) is 0 Å². The number of imidazole rings is 1. The van der Waals surface area contributed by atoms with Gasteiger partial charge in [-0.2, -0.15) is 5.10 Å². The number of nitrogens with zero attached hydrogens (tertiary/aromatic N) is 5. The summed E-state index contributed by atoms with van der Waals surface area (Å²) in [5.41, 5.74) is 3.47. The second-order valence-electron chi connectivity index (χ2n) is 7.11. The average molecular weight is 391 g/mol. The molecule has 6 nitrogen and oxygen atoms in total. The van der Waals surface area contributed by atoms with Gasteiger partial charge in [0, 0.05) is 23.4 Å². The number of ether oxygens (including phenoxy) is 1. The summed E-state index contributed by atoms with van der Waals surface area (Å²) in [7, 11) is 1.64. The van der Waals surface area contributed by atoms with Crippen LogP contribution < -0.4 is 4.74 Å². The molecule has 4 aromatic rings. The molecule has 0 aliphatic heterocycles. The molecule has 0 unspecified atom stereocenters. The van der Waals surface area contributed by atoms with Crippen molar-refractivity contribution in [3.05, 3.63) is 66.5 Å². The van der Waals surface area contributed by atoms with Crippen molar-refractivity contribution in [2.75, 3.05) is 7.11 Å². The second-order valence-corrected chi connectivity index (χ2v) is 7.11. The lowest BCUT2D eigenvalue weighted by Crippen LogP contribution is -2.05. The van der Waals surface area contributed by atoms with E-state index in [0.717, 1.165) is 22.5 Å². The quantitative estimate of drug-likeness (QED) is 0.489. The van der Waals surface area contributed by atoms with Crippen molar-refractivity contribution < 1.29 is 9.13 Å². The number of aromatic nitrogens is 5. The third-order valence-electron chi connectivity index (χ3n) is 4.65. The van der Waals surface area contributed by atoms with Crippen LogP contribution in [0.2, 0.25) is 0 Å². The van der Waals surface area contributed by atoms with E-state index >= 15 is 0 Å². The first-order valence-electron chi connectivity index (χ1n) is 9.38. The number of hydrogen-bond acceptors (Lipinski definition) is 4. The summed E-state index contributed by atoms with van der Waals surface area (Å²) in [5.74, 6) is 1.71. The first-order valence-corrected chi connectivity index (χ1v) is 9.38. The number of benzene rings is 2. The largest absolute Gasteiger partial charge is 0.495 e. The Morgan fingerprint density at radius 1 is 1.03 bits per heavy atom. The molecule has 0 amide bonds. The maximum Gasteiger partial charge on any atom is 0.181 e. The summed E-state index contributed by atoms with van der Waals surface area (Å²) in [5, 5.41) is 4.70. The number of halogens is 1. The summed E-state index contributed by atoms with van der Waals surface area (Å²) in [6, 6.07) is 12.2. The van der Waals surface area contributed by atoms with Gasteiger partial charge in [0.25, 0.3) is 0 Å². The van der Waals surface area contributed by atoms with Crippen LogP contribution in [-0.4, -0.2) is 31.4 Å². The van der Waals surface area contributed by atoms with E-state index in [0.29, 0.717) is 17.4 Å². The lowest BCUT2D eigenvalue weighted by atomic mass is 10.1. The highest BCUT2D eigenvalue weighted by Crippen LogP contribution is 2.31. The predicted octanol–water partition coefficient (Wildman–Crippen LogP) is 4.83. The summed E-state index contributed by atoms with van der Waals surface area (Å²) in [4.78, 5) is 9.01. The Labute approximate surface area is 168 Å². The molecule has 0 N–H and O–H groups in total. The minimum absolute atomic E-state index is 0.103. The van der Waals surface area contributed by atoms with Crippen LogP contribution in [0.4, 0.5) is 4.39 Å². The predicted molar refractivity (Wildman–Crippen MR) is 110 cm³/mol. The van der Waals surface area contributed by atoms with Crippen LogP contribution in [0.25, 0.3) is 28.5 Å². The van der Waals surface area contributed by atoms with Crippen LogP contribution in [0.3, 0.4) is 0 Å². The van der Waals surface area contributed by atoms with E-state index in [2.05, 4.69) is 4.98 Å². The molecular formula is C22H22FN5O. The van der Waals surface area contributed by atoms with Gasteiger partial charge in [-0.1, -0.05) is 0 Å². The highest BCUT2D eigenvalue weighted by atomic mass is 19.1. The number of hydrogen-bond donors (Lipinski definition) is 0. The lowest BCUT2D eigenvalue weighted by molar-refractivity contribution is 0.413. The van der Waals surface area contributed by atoms with Gasteiger partial charge in [-0.3, -0.25) is 0 Å². The molecule has 0 radical (unpaired) electrons. The van der Waals surface area contributed by atoms with Gasteiger partial charge in [0.15, 0.2) is 11.6 Å². The molecule has 29 heavy (non-hydrogen) atoms. The molecule has 0 spiro atoms. The Balaban J connectivity index is 1.78. The minimum Gasteiger partial charge on any atom is -0.495 e. The Kier molecular flexibility index (Phi) is 4.88. The van der Waals surface area contributed by atoms with E-state index in [1.54, 1.807) is 25.6 Å². The maximum absolute atomic E-state index is 13.3. The molecule has 0 bridgehead atoms. The molecule has 4 rings (SSSR count). The van der Waals surface area contributed by atoms with E-state index < -0.39 is 0 Å². The Hall–Kier alpha value is -3.48. The topological polar surface area (TPSA) is 57.8 Å². The van der Waals surface area contributed by atoms with Gasteiger partial charge < -0.3 is 9.30 Å². The molecule has 0 aliphatic rings. The van der Waals surface area contributed by atoms with E-state index in [4.69, 9.17) is 14.8 Å². The van der Waals surface area contributed by atoms with Crippen LogP contribution in [0.1, 0.15) is 25.6 Å². The summed E-state index contributed by atoms with van der Waals surface area (Å²) >= 11 is 0. The van der Waals surface area contributed by atoms with Crippen molar-refractivity contribution >= 4 is 0 Å². The van der Waals surface area contributed by atoms with Gasteiger partial charge in [0.05, 0.1) is 24.8 Å². The van der Waals surface area contributed by atoms with Crippen molar-refractivity contribution in [3.63, 3.8) is 0 Å². The Morgan fingerprint density at radius 3 is 2.38 bits per heavy atom. The first-order chi connectivity index (χ1) is 14.0. The Morgan fingerprint density at radius 2 is 1.76 bits per heavy atom. The van der Waals surface area contributed by atoms with Crippen molar-refractivity contribution in [2.24, 2.45) is 0 Å². The smallest absolute Gasteiger partial charge is 0.181 e. The first kappa shape index (κ1) is 18.9. The molecule has 2 aromatic heterocycles. The van der Waals surface area contributed by atoms with Crippen molar-refractivity contribution in [1.29, 1.82) is 0 Å². The van der Waals surface area contributed by atoms with Crippen LogP contribution in [0.15, 0.2) is 55.0 Å². The third kappa shape index (κ3) is 3.63. The van der Waals surface area contributed by atoms with E-state index in [1.807, 2.05) is 54.4 Å². The molecule has 0 atom stereocenters.